The van der Waals surface area contributed by atoms with Crippen LogP contribution in [0.15, 0.2) is 23.6 Å². The summed E-state index contributed by atoms with van der Waals surface area (Å²) in [5.74, 6) is 0. The molecule has 0 spiro atoms. The van der Waals surface area contributed by atoms with Crippen molar-refractivity contribution in [3.8, 4) is 0 Å². The van der Waals surface area contributed by atoms with E-state index in [9.17, 15) is 5.11 Å². The SMILES string of the molecule is CNC(C)(CO)CC(C)Sc1ccncn1. The molecule has 1 heterocycles. The molecule has 0 aliphatic rings. The van der Waals surface area contributed by atoms with Gasteiger partial charge in [-0.05, 0) is 26.5 Å². The molecule has 0 radical (unpaired) electrons. The molecule has 2 unspecified atom stereocenters. The van der Waals surface area contributed by atoms with Crippen LogP contribution >= 0.6 is 11.8 Å². The molecule has 0 saturated carbocycles. The van der Waals surface area contributed by atoms with Crippen LogP contribution in [0.5, 0.6) is 0 Å². The summed E-state index contributed by atoms with van der Waals surface area (Å²) >= 11 is 1.70. The van der Waals surface area contributed by atoms with Crippen LogP contribution in [-0.4, -0.2) is 39.5 Å². The molecule has 0 aliphatic carbocycles. The van der Waals surface area contributed by atoms with Gasteiger partial charge in [0.2, 0.25) is 0 Å². The van der Waals surface area contributed by atoms with Crippen molar-refractivity contribution in [2.75, 3.05) is 13.7 Å². The van der Waals surface area contributed by atoms with E-state index in [4.69, 9.17) is 0 Å². The van der Waals surface area contributed by atoms with Crippen LogP contribution in [0.4, 0.5) is 0 Å². The second kappa shape index (κ2) is 6.18. The Morgan fingerprint density at radius 2 is 2.38 bits per heavy atom. The number of nitrogens with zero attached hydrogens (tertiary/aromatic N) is 2. The minimum absolute atomic E-state index is 0.137. The van der Waals surface area contributed by atoms with Gasteiger partial charge in [-0.25, -0.2) is 9.97 Å². The molecule has 0 fully saturated rings. The molecule has 90 valence electrons. The lowest BCUT2D eigenvalue weighted by atomic mass is 9.98. The topological polar surface area (TPSA) is 58.0 Å². The molecule has 2 N–H and O–H groups in total. The van der Waals surface area contributed by atoms with Crippen molar-refractivity contribution in [1.29, 1.82) is 0 Å². The first-order chi connectivity index (χ1) is 7.59. The zero-order valence-electron chi connectivity index (χ0n) is 9.97. The van der Waals surface area contributed by atoms with Crippen LogP contribution in [0.25, 0.3) is 0 Å². The van der Waals surface area contributed by atoms with Crippen LogP contribution in [0.1, 0.15) is 20.3 Å². The minimum atomic E-state index is -0.223. The normalized spacial score (nSPS) is 16.8. The largest absolute Gasteiger partial charge is 0.394 e. The molecule has 2 atom stereocenters. The zero-order chi connectivity index (χ0) is 12.0. The quantitative estimate of drug-likeness (QED) is 0.581. The maximum absolute atomic E-state index is 9.30. The number of aliphatic hydroxyl groups is 1. The lowest BCUT2D eigenvalue weighted by Gasteiger charge is -2.29. The van der Waals surface area contributed by atoms with E-state index >= 15 is 0 Å². The van der Waals surface area contributed by atoms with Crippen molar-refractivity contribution < 1.29 is 5.11 Å². The predicted octanol–water partition coefficient (Wildman–Crippen LogP) is 1.32. The first-order valence-corrected chi connectivity index (χ1v) is 6.20. The van der Waals surface area contributed by atoms with Crippen molar-refractivity contribution in [2.24, 2.45) is 0 Å². The third-order valence-corrected chi connectivity index (χ3v) is 3.62. The summed E-state index contributed by atoms with van der Waals surface area (Å²) in [7, 11) is 1.87. The molecule has 0 aliphatic heterocycles. The minimum Gasteiger partial charge on any atom is -0.394 e. The van der Waals surface area contributed by atoms with E-state index < -0.39 is 0 Å². The van der Waals surface area contributed by atoms with Crippen LogP contribution in [-0.2, 0) is 0 Å². The highest BCUT2D eigenvalue weighted by Crippen LogP contribution is 2.26. The maximum atomic E-state index is 9.30. The van der Waals surface area contributed by atoms with Gasteiger partial charge in [0.05, 0.1) is 11.6 Å². The number of nitrogens with one attached hydrogen (secondary N) is 1. The fourth-order valence-electron chi connectivity index (χ4n) is 1.48. The molecule has 0 bridgehead atoms. The summed E-state index contributed by atoms with van der Waals surface area (Å²) in [6, 6.07) is 1.90. The molecule has 0 saturated heterocycles. The van der Waals surface area contributed by atoms with Gasteiger partial charge in [-0.1, -0.05) is 6.92 Å². The first kappa shape index (κ1) is 13.4. The molecule has 4 nitrogen and oxygen atoms in total. The summed E-state index contributed by atoms with van der Waals surface area (Å²) in [5, 5.41) is 13.8. The summed E-state index contributed by atoms with van der Waals surface area (Å²) in [4.78, 5) is 8.05. The van der Waals surface area contributed by atoms with E-state index in [0.29, 0.717) is 5.25 Å². The third-order valence-electron chi connectivity index (χ3n) is 2.57. The number of hydrogen-bond acceptors (Lipinski definition) is 5. The van der Waals surface area contributed by atoms with Crippen LogP contribution in [0, 0.1) is 0 Å². The Labute approximate surface area is 101 Å². The summed E-state index contributed by atoms with van der Waals surface area (Å²) < 4.78 is 0. The molecule has 5 heteroatoms. The maximum Gasteiger partial charge on any atom is 0.116 e. The Morgan fingerprint density at radius 1 is 1.62 bits per heavy atom. The standard InChI is InChI=1S/C11H19N3OS/c1-9(6-11(2,7-15)12-3)16-10-4-5-13-8-14-10/h4-5,8-9,12,15H,6-7H2,1-3H3. The highest BCUT2D eigenvalue weighted by molar-refractivity contribution is 7.99. The van der Waals surface area contributed by atoms with Crippen molar-refractivity contribution in [1.82, 2.24) is 15.3 Å². The van der Waals surface area contributed by atoms with E-state index in [1.165, 1.54) is 0 Å². The molecule has 16 heavy (non-hydrogen) atoms. The van der Waals surface area contributed by atoms with Crippen molar-refractivity contribution >= 4 is 11.8 Å². The zero-order valence-corrected chi connectivity index (χ0v) is 10.8. The first-order valence-electron chi connectivity index (χ1n) is 5.32. The Morgan fingerprint density at radius 3 is 2.88 bits per heavy atom. The van der Waals surface area contributed by atoms with Crippen LogP contribution in [0.2, 0.25) is 0 Å². The van der Waals surface area contributed by atoms with Gasteiger partial charge in [0.15, 0.2) is 0 Å². The molecule has 1 aromatic rings. The Balaban J connectivity index is 2.50. The molecule has 0 amide bonds. The molecule has 1 aromatic heterocycles. The number of likely N-dealkylation sites (N-methyl/N-ethyl adjacent to an activating group) is 1. The van der Waals surface area contributed by atoms with E-state index in [-0.39, 0.29) is 12.1 Å². The van der Waals surface area contributed by atoms with Gasteiger partial charge in [-0.3, -0.25) is 0 Å². The highest BCUT2D eigenvalue weighted by Gasteiger charge is 2.24. The van der Waals surface area contributed by atoms with Gasteiger partial charge in [0.1, 0.15) is 6.33 Å². The van der Waals surface area contributed by atoms with Gasteiger partial charge < -0.3 is 10.4 Å². The Bertz CT molecular complexity index is 303. The number of aromatic nitrogens is 2. The van der Waals surface area contributed by atoms with Crippen molar-refractivity contribution in [3.05, 3.63) is 18.6 Å². The van der Waals surface area contributed by atoms with Gasteiger partial charge >= 0.3 is 0 Å². The fraction of sp³-hybridized carbons (Fsp3) is 0.636. The van der Waals surface area contributed by atoms with Gasteiger partial charge in [0.25, 0.3) is 0 Å². The van der Waals surface area contributed by atoms with Crippen LogP contribution in [0.3, 0.4) is 0 Å². The van der Waals surface area contributed by atoms with Crippen molar-refractivity contribution in [2.45, 2.75) is 36.1 Å². The number of aliphatic hydroxyl groups excluding tert-OH is 1. The number of hydrogen-bond donors (Lipinski definition) is 2. The average molecular weight is 241 g/mol. The number of rotatable bonds is 6. The van der Waals surface area contributed by atoms with Crippen LogP contribution < -0.4 is 5.32 Å². The van der Waals surface area contributed by atoms with Gasteiger partial charge in [-0.15, -0.1) is 11.8 Å². The molecular weight excluding hydrogens is 222 g/mol. The number of thioether (sulfide) groups is 1. The smallest absolute Gasteiger partial charge is 0.116 e. The molecule has 1 rings (SSSR count). The molecular formula is C11H19N3OS. The van der Waals surface area contributed by atoms with E-state index in [0.717, 1.165) is 11.4 Å². The lowest BCUT2D eigenvalue weighted by Crippen LogP contribution is -2.45. The predicted molar refractivity (Wildman–Crippen MR) is 66.5 cm³/mol. The average Bonchev–Trinajstić information content (AvgIpc) is 2.30. The lowest BCUT2D eigenvalue weighted by molar-refractivity contribution is 0.174. The summed E-state index contributed by atoms with van der Waals surface area (Å²) in [6.07, 6.45) is 4.18. The summed E-state index contributed by atoms with van der Waals surface area (Å²) in [5.41, 5.74) is -0.223. The second-order valence-corrected chi connectivity index (χ2v) is 5.61. The Kier molecular flexibility index (Phi) is 5.18. The van der Waals surface area contributed by atoms with E-state index in [1.807, 2.05) is 20.0 Å². The van der Waals surface area contributed by atoms with Gasteiger partial charge in [-0.2, -0.15) is 0 Å². The van der Waals surface area contributed by atoms with E-state index in [2.05, 4.69) is 22.2 Å². The monoisotopic (exact) mass is 241 g/mol. The fourth-order valence-corrected chi connectivity index (χ4v) is 2.59. The van der Waals surface area contributed by atoms with Gasteiger partial charge in [0, 0.05) is 17.0 Å². The van der Waals surface area contributed by atoms with E-state index in [1.54, 1.807) is 24.3 Å². The molecule has 0 aromatic carbocycles. The van der Waals surface area contributed by atoms with Crippen molar-refractivity contribution in [3.63, 3.8) is 0 Å². The third kappa shape index (κ3) is 4.08. The summed E-state index contributed by atoms with van der Waals surface area (Å²) in [6.45, 7) is 4.29. The highest BCUT2D eigenvalue weighted by atomic mass is 32.2. The Hall–Kier alpha value is -0.650. The second-order valence-electron chi connectivity index (χ2n) is 4.15.